The maximum Gasteiger partial charge on any atom is 0.261 e. The van der Waals surface area contributed by atoms with Gasteiger partial charge in [-0.15, -0.1) is 11.3 Å². The van der Waals surface area contributed by atoms with Crippen molar-refractivity contribution in [2.45, 2.75) is 20.0 Å². The lowest BCUT2D eigenvalue weighted by atomic mass is 10.1. The maximum atomic E-state index is 13.1. The van der Waals surface area contributed by atoms with E-state index in [1.165, 1.54) is 23.5 Å². The Labute approximate surface area is 115 Å². The van der Waals surface area contributed by atoms with Crippen LogP contribution in [0.15, 0.2) is 24.3 Å². The molecule has 0 saturated carbocycles. The average Bonchev–Trinajstić information content (AvgIpc) is 2.78. The molecule has 2 N–H and O–H groups in total. The van der Waals surface area contributed by atoms with E-state index >= 15 is 0 Å². The molecule has 0 aliphatic heterocycles. The molecule has 0 saturated heterocycles. The predicted molar refractivity (Wildman–Crippen MR) is 75.0 cm³/mol. The molecule has 1 amide bonds. The SMILES string of the molecule is CC(C)C(O)CNC(=O)c1cc2cc(F)ccc2s1. The highest BCUT2D eigenvalue weighted by Crippen LogP contribution is 2.26. The van der Waals surface area contributed by atoms with Crippen LogP contribution in [-0.4, -0.2) is 23.7 Å². The van der Waals surface area contributed by atoms with Gasteiger partial charge in [0.1, 0.15) is 5.82 Å². The van der Waals surface area contributed by atoms with E-state index < -0.39 is 6.10 Å². The van der Waals surface area contributed by atoms with Gasteiger partial charge in [-0.2, -0.15) is 0 Å². The fourth-order valence-electron chi connectivity index (χ4n) is 1.65. The first-order valence-electron chi connectivity index (χ1n) is 6.12. The topological polar surface area (TPSA) is 49.3 Å². The van der Waals surface area contributed by atoms with Crippen LogP contribution in [0.2, 0.25) is 0 Å². The number of aliphatic hydroxyl groups excluding tert-OH is 1. The van der Waals surface area contributed by atoms with Gasteiger partial charge in [0.05, 0.1) is 11.0 Å². The second kappa shape index (κ2) is 5.67. The molecule has 1 aromatic heterocycles. The number of hydrogen-bond donors (Lipinski definition) is 2. The maximum absolute atomic E-state index is 13.1. The molecule has 0 radical (unpaired) electrons. The molecule has 2 aromatic rings. The van der Waals surface area contributed by atoms with Crippen molar-refractivity contribution in [3.05, 3.63) is 35.0 Å². The first kappa shape index (κ1) is 14.0. The van der Waals surface area contributed by atoms with Gasteiger partial charge in [-0.05, 0) is 35.6 Å². The molecule has 0 aliphatic carbocycles. The molecule has 19 heavy (non-hydrogen) atoms. The summed E-state index contributed by atoms with van der Waals surface area (Å²) in [4.78, 5) is 12.4. The molecule has 1 heterocycles. The summed E-state index contributed by atoms with van der Waals surface area (Å²) in [6.07, 6.45) is -0.559. The van der Waals surface area contributed by atoms with Crippen molar-refractivity contribution < 1.29 is 14.3 Å². The molecule has 0 aliphatic rings. The van der Waals surface area contributed by atoms with Crippen molar-refractivity contribution in [1.82, 2.24) is 5.32 Å². The van der Waals surface area contributed by atoms with E-state index in [9.17, 15) is 14.3 Å². The van der Waals surface area contributed by atoms with Crippen LogP contribution in [0.25, 0.3) is 10.1 Å². The Hall–Kier alpha value is -1.46. The van der Waals surface area contributed by atoms with Crippen molar-refractivity contribution in [2.75, 3.05) is 6.54 Å². The standard InChI is InChI=1S/C14H16FNO2S/c1-8(2)11(17)7-16-14(18)13-6-9-5-10(15)3-4-12(9)19-13/h3-6,8,11,17H,7H2,1-2H3,(H,16,18). The lowest BCUT2D eigenvalue weighted by Crippen LogP contribution is -2.34. The molecule has 0 fully saturated rings. The Morgan fingerprint density at radius 2 is 2.16 bits per heavy atom. The first-order chi connectivity index (χ1) is 8.97. The largest absolute Gasteiger partial charge is 0.391 e. The van der Waals surface area contributed by atoms with Crippen molar-refractivity contribution in [3.63, 3.8) is 0 Å². The Balaban J connectivity index is 2.09. The number of halogens is 1. The molecular formula is C14H16FNO2S. The normalized spacial score (nSPS) is 12.9. The van der Waals surface area contributed by atoms with Crippen molar-refractivity contribution >= 4 is 27.3 Å². The fraction of sp³-hybridized carbons (Fsp3) is 0.357. The van der Waals surface area contributed by atoms with Crippen LogP contribution in [0.4, 0.5) is 4.39 Å². The van der Waals surface area contributed by atoms with Crippen LogP contribution in [0.5, 0.6) is 0 Å². The third kappa shape index (κ3) is 3.30. The molecule has 0 bridgehead atoms. The number of thiophene rings is 1. The minimum atomic E-state index is -0.559. The zero-order valence-corrected chi connectivity index (χ0v) is 11.6. The first-order valence-corrected chi connectivity index (χ1v) is 6.94. The molecular weight excluding hydrogens is 265 g/mol. The van der Waals surface area contributed by atoms with Crippen LogP contribution >= 0.6 is 11.3 Å². The number of amides is 1. The number of rotatable bonds is 4. The zero-order chi connectivity index (χ0) is 14.0. The average molecular weight is 281 g/mol. The fourth-order valence-corrected chi connectivity index (χ4v) is 2.61. The number of benzene rings is 1. The van der Waals surface area contributed by atoms with Crippen molar-refractivity contribution in [1.29, 1.82) is 0 Å². The third-order valence-corrected chi connectivity index (χ3v) is 4.06. The van der Waals surface area contributed by atoms with E-state index in [1.54, 1.807) is 12.1 Å². The second-order valence-electron chi connectivity index (χ2n) is 4.81. The highest BCUT2D eigenvalue weighted by Gasteiger charge is 2.14. The third-order valence-electron chi connectivity index (χ3n) is 2.94. The Bertz CT molecular complexity index is 594. The van der Waals surface area contributed by atoms with Gasteiger partial charge in [-0.1, -0.05) is 13.8 Å². The van der Waals surface area contributed by atoms with Gasteiger partial charge in [-0.25, -0.2) is 4.39 Å². The second-order valence-corrected chi connectivity index (χ2v) is 5.90. The summed E-state index contributed by atoms with van der Waals surface area (Å²) in [5, 5.41) is 13.0. The van der Waals surface area contributed by atoms with Gasteiger partial charge in [0.25, 0.3) is 5.91 Å². The van der Waals surface area contributed by atoms with E-state index in [1.807, 2.05) is 13.8 Å². The van der Waals surface area contributed by atoms with Gasteiger partial charge < -0.3 is 10.4 Å². The Morgan fingerprint density at radius 1 is 1.42 bits per heavy atom. The summed E-state index contributed by atoms with van der Waals surface area (Å²) in [5.74, 6) is -0.453. The number of nitrogens with one attached hydrogen (secondary N) is 1. The molecule has 1 atom stereocenters. The Morgan fingerprint density at radius 3 is 2.84 bits per heavy atom. The van der Waals surface area contributed by atoms with E-state index in [2.05, 4.69) is 5.32 Å². The van der Waals surface area contributed by atoms with Crippen LogP contribution in [0, 0.1) is 11.7 Å². The van der Waals surface area contributed by atoms with Gasteiger partial charge in [0.15, 0.2) is 0 Å². The van der Waals surface area contributed by atoms with Crippen molar-refractivity contribution in [3.8, 4) is 0 Å². The molecule has 5 heteroatoms. The molecule has 0 spiro atoms. The van der Waals surface area contributed by atoms with Crippen LogP contribution in [0.1, 0.15) is 23.5 Å². The smallest absolute Gasteiger partial charge is 0.261 e. The lowest BCUT2D eigenvalue weighted by molar-refractivity contribution is 0.0875. The number of carbonyl (C=O) groups excluding carboxylic acids is 1. The number of carbonyl (C=O) groups is 1. The minimum absolute atomic E-state index is 0.0943. The van der Waals surface area contributed by atoms with Crippen LogP contribution < -0.4 is 5.32 Å². The lowest BCUT2D eigenvalue weighted by Gasteiger charge is -2.14. The van der Waals surface area contributed by atoms with E-state index in [0.717, 1.165) is 10.1 Å². The van der Waals surface area contributed by atoms with Crippen LogP contribution in [-0.2, 0) is 0 Å². The van der Waals surface area contributed by atoms with Gasteiger partial charge in [-0.3, -0.25) is 4.79 Å². The van der Waals surface area contributed by atoms with E-state index in [0.29, 0.717) is 4.88 Å². The molecule has 1 aromatic carbocycles. The molecule has 102 valence electrons. The summed E-state index contributed by atoms with van der Waals surface area (Å²) >= 11 is 1.31. The molecule has 3 nitrogen and oxygen atoms in total. The Kier molecular flexibility index (Phi) is 4.17. The molecule has 2 rings (SSSR count). The van der Waals surface area contributed by atoms with Gasteiger partial charge in [0, 0.05) is 11.2 Å². The molecule has 1 unspecified atom stereocenters. The number of aliphatic hydroxyl groups is 1. The van der Waals surface area contributed by atoms with E-state index in [-0.39, 0.29) is 24.2 Å². The monoisotopic (exact) mass is 281 g/mol. The van der Waals surface area contributed by atoms with Gasteiger partial charge in [0.2, 0.25) is 0 Å². The highest BCUT2D eigenvalue weighted by atomic mass is 32.1. The summed E-state index contributed by atoms with van der Waals surface area (Å²) in [5.41, 5.74) is 0. The van der Waals surface area contributed by atoms with Gasteiger partial charge >= 0.3 is 0 Å². The van der Waals surface area contributed by atoms with Crippen LogP contribution in [0.3, 0.4) is 0 Å². The number of fused-ring (bicyclic) bond motifs is 1. The summed E-state index contributed by atoms with van der Waals surface area (Å²) in [6.45, 7) is 4.00. The summed E-state index contributed by atoms with van der Waals surface area (Å²) in [7, 11) is 0. The quantitative estimate of drug-likeness (QED) is 0.905. The number of hydrogen-bond acceptors (Lipinski definition) is 3. The van der Waals surface area contributed by atoms with Crippen molar-refractivity contribution in [2.24, 2.45) is 5.92 Å². The highest BCUT2D eigenvalue weighted by molar-refractivity contribution is 7.20. The zero-order valence-electron chi connectivity index (χ0n) is 10.8. The summed E-state index contributed by atoms with van der Waals surface area (Å²) in [6, 6.07) is 6.11. The van der Waals surface area contributed by atoms with E-state index in [4.69, 9.17) is 0 Å². The minimum Gasteiger partial charge on any atom is -0.391 e. The predicted octanol–water partition coefficient (Wildman–Crippen LogP) is 2.79. The summed E-state index contributed by atoms with van der Waals surface area (Å²) < 4.78 is 13.9.